The number of hydrogen-bond donors (Lipinski definition) is 0. The summed E-state index contributed by atoms with van der Waals surface area (Å²) in [5.41, 5.74) is 1.57. The second-order valence-corrected chi connectivity index (χ2v) is 3.86. The molecule has 0 atom stereocenters. The van der Waals surface area contributed by atoms with Gasteiger partial charge in [0.2, 0.25) is 0 Å². The highest BCUT2D eigenvalue weighted by molar-refractivity contribution is 7.10. The van der Waals surface area contributed by atoms with Crippen molar-refractivity contribution in [3.8, 4) is 0 Å². The van der Waals surface area contributed by atoms with Crippen LogP contribution in [0.25, 0.3) is 0 Å². The fraction of sp³-hybridized carbons (Fsp3) is 0.600. The van der Waals surface area contributed by atoms with Gasteiger partial charge in [-0.15, -0.1) is 11.3 Å². The van der Waals surface area contributed by atoms with Crippen molar-refractivity contribution >= 4 is 11.3 Å². The molecule has 0 spiro atoms. The molecule has 1 aromatic heterocycles. The molecule has 0 saturated heterocycles. The summed E-state index contributed by atoms with van der Waals surface area (Å²) >= 11 is 1.89. The molecule has 2 rings (SSSR count). The Bertz CT molecular complexity index is 229. The van der Waals surface area contributed by atoms with E-state index in [1.54, 1.807) is 10.4 Å². The topological polar surface area (TPSA) is 3.24 Å². The standard InChI is InChI=1S/C8H11NS.C2H6/c1-9-4-2-7-3-5-10-8(7)6-9;1-2/h3,5H,2,4,6H2,1H3;1-2H3. The molecule has 1 aromatic rings. The predicted octanol–water partition coefficient (Wildman–Crippen LogP) is 2.76. The lowest BCUT2D eigenvalue weighted by Crippen LogP contribution is -2.24. The van der Waals surface area contributed by atoms with Gasteiger partial charge < -0.3 is 4.90 Å². The molecular formula is C10H17NS. The summed E-state index contributed by atoms with van der Waals surface area (Å²) in [4.78, 5) is 3.94. The smallest absolute Gasteiger partial charge is 0.0327 e. The van der Waals surface area contributed by atoms with Gasteiger partial charge >= 0.3 is 0 Å². The molecule has 1 nitrogen and oxygen atoms in total. The van der Waals surface area contributed by atoms with Gasteiger partial charge in [0.05, 0.1) is 0 Å². The van der Waals surface area contributed by atoms with Crippen LogP contribution in [-0.2, 0) is 13.0 Å². The van der Waals surface area contributed by atoms with Crippen molar-refractivity contribution in [1.29, 1.82) is 0 Å². The second-order valence-electron chi connectivity index (χ2n) is 2.86. The molecule has 1 aliphatic rings. The van der Waals surface area contributed by atoms with Crippen molar-refractivity contribution < 1.29 is 0 Å². The number of thiophene rings is 1. The fourth-order valence-electron chi connectivity index (χ4n) is 1.36. The van der Waals surface area contributed by atoms with Gasteiger partial charge in [-0.25, -0.2) is 0 Å². The highest BCUT2D eigenvalue weighted by Gasteiger charge is 2.12. The minimum atomic E-state index is 1.16. The maximum atomic E-state index is 2.37. The van der Waals surface area contributed by atoms with E-state index in [9.17, 15) is 0 Å². The van der Waals surface area contributed by atoms with Crippen molar-refractivity contribution in [3.63, 3.8) is 0 Å². The Balaban J connectivity index is 0.000000336. The second kappa shape index (κ2) is 4.63. The zero-order valence-electron chi connectivity index (χ0n) is 8.13. The molecule has 1 aliphatic heterocycles. The van der Waals surface area contributed by atoms with E-state index in [-0.39, 0.29) is 0 Å². The van der Waals surface area contributed by atoms with Crippen LogP contribution in [0.15, 0.2) is 11.4 Å². The van der Waals surface area contributed by atoms with E-state index >= 15 is 0 Å². The predicted molar refractivity (Wildman–Crippen MR) is 55.7 cm³/mol. The highest BCUT2D eigenvalue weighted by atomic mass is 32.1. The number of nitrogens with zero attached hydrogens (tertiary/aromatic N) is 1. The quantitative estimate of drug-likeness (QED) is 0.598. The largest absolute Gasteiger partial charge is 0.301 e. The monoisotopic (exact) mass is 183 g/mol. The van der Waals surface area contributed by atoms with Crippen LogP contribution in [0.1, 0.15) is 24.3 Å². The molecule has 0 aliphatic carbocycles. The van der Waals surface area contributed by atoms with E-state index in [0.717, 1.165) is 6.54 Å². The van der Waals surface area contributed by atoms with Crippen molar-refractivity contribution in [1.82, 2.24) is 4.90 Å². The summed E-state index contributed by atoms with van der Waals surface area (Å²) in [6.07, 6.45) is 1.25. The SMILES string of the molecule is CC.CN1CCc2ccsc2C1. The molecule has 2 heteroatoms. The van der Waals surface area contributed by atoms with Crippen LogP contribution in [0.4, 0.5) is 0 Å². The van der Waals surface area contributed by atoms with Crippen molar-refractivity contribution in [2.24, 2.45) is 0 Å². The van der Waals surface area contributed by atoms with Crippen LogP contribution in [0.2, 0.25) is 0 Å². The number of rotatable bonds is 0. The first-order valence-electron chi connectivity index (χ1n) is 4.60. The van der Waals surface area contributed by atoms with E-state index in [2.05, 4.69) is 23.4 Å². The molecule has 0 aromatic carbocycles. The Kier molecular flexibility index (Phi) is 3.76. The average Bonchev–Trinajstić information content (AvgIpc) is 2.54. The van der Waals surface area contributed by atoms with Gasteiger partial charge in [0.15, 0.2) is 0 Å². The van der Waals surface area contributed by atoms with Crippen LogP contribution < -0.4 is 0 Å². The first kappa shape index (κ1) is 9.75. The summed E-state index contributed by atoms with van der Waals surface area (Å²) in [5.74, 6) is 0. The number of likely N-dealkylation sites (N-methyl/N-ethyl adjacent to an activating group) is 1. The average molecular weight is 183 g/mol. The van der Waals surface area contributed by atoms with Gasteiger partial charge in [-0.3, -0.25) is 0 Å². The number of hydrogen-bond acceptors (Lipinski definition) is 2. The van der Waals surface area contributed by atoms with Crippen LogP contribution in [0.3, 0.4) is 0 Å². The normalized spacial score (nSPS) is 16.2. The van der Waals surface area contributed by atoms with E-state index < -0.39 is 0 Å². The van der Waals surface area contributed by atoms with E-state index in [0.29, 0.717) is 0 Å². The molecule has 0 N–H and O–H groups in total. The van der Waals surface area contributed by atoms with Crippen LogP contribution in [0, 0.1) is 0 Å². The lowest BCUT2D eigenvalue weighted by Gasteiger charge is -2.21. The minimum Gasteiger partial charge on any atom is -0.301 e. The van der Waals surface area contributed by atoms with Crippen molar-refractivity contribution in [3.05, 3.63) is 21.9 Å². The molecule has 0 saturated carbocycles. The lowest BCUT2D eigenvalue weighted by molar-refractivity contribution is 0.317. The van der Waals surface area contributed by atoms with E-state index in [1.807, 2.05) is 25.2 Å². The summed E-state index contributed by atoms with van der Waals surface area (Å²) in [7, 11) is 2.18. The van der Waals surface area contributed by atoms with Gasteiger partial charge in [0.1, 0.15) is 0 Å². The summed E-state index contributed by atoms with van der Waals surface area (Å²) < 4.78 is 0. The van der Waals surface area contributed by atoms with E-state index in [4.69, 9.17) is 0 Å². The molecule has 0 unspecified atom stereocenters. The Morgan fingerprint density at radius 2 is 2.17 bits per heavy atom. The molecule has 2 heterocycles. The molecule has 68 valence electrons. The third-order valence-corrected chi connectivity index (χ3v) is 2.96. The summed E-state index contributed by atoms with van der Waals surface area (Å²) in [6, 6.07) is 2.26. The summed E-state index contributed by atoms with van der Waals surface area (Å²) in [6.45, 7) is 6.39. The Morgan fingerprint density at radius 1 is 1.42 bits per heavy atom. The highest BCUT2D eigenvalue weighted by Crippen LogP contribution is 2.22. The van der Waals surface area contributed by atoms with Crippen LogP contribution >= 0.6 is 11.3 Å². The van der Waals surface area contributed by atoms with Gasteiger partial charge in [0.25, 0.3) is 0 Å². The summed E-state index contributed by atoms with van der Waals surface area (Å²) in [5, 5.41) is 2.20. The number of fused-ring (bicyclic) bond motifs is 1. The van der Waals surface area contributed by atoms with Gasteiger partial charge in [0, 0.05) is 18.0 Å². The van der Waals surface area contributed by atoms with Gasteiger partial charge in [-0.05, 0) is 30.5 Å². The van der Waals surface area contributed by atoms with E-state index in [1.165, 1.54) is 13.0 Å². The Hall–Kier alpha value is -0.340. The van der Waals surface area contributed by atoms with Crippen LogP contribution in [-0.4, -0.2) is 18.5 Å². The maximum Gasteiger partial charge on any atom is 0.0327 e. The van der Waals surface area contributed by atoms with Crippen LogP contribution in [0.5, 0.6) is 0 Å². The zero-order valence-corrected chi connectivity index (χ0v) is 8.95. The first-order chi connectivity index (χ1) is 5.86. The Labute approximate surface area is 79.0 Å². The minimum absolute atomic E-state index is 1.16. The van der Waals surface area contributed by atoms with Gasteiger partial charge in [-0.1, -0.05) is 13.8 Å². The van der Waals surface area contributed by atoms with Crippen molar-refractivity contribution in [2.75, 3.05) is 13.6 Å². The maximum absolute atomic E-state index is 2.37. The Morgan fingerprint density at radius 3 is 2.92 bits per heavy atom. The third-order valence-electron chi connectivity index (χ3n) is 2.01. The molecule has 0 bridgehead atoms. The molecular weight excluding hydrogens is 166 g/mol. The molecule has 12 heavy (non-hydrogen) atoms. The zero-order chi connectivity index (χ0) is 8.97. The van der Waals surface area contributed by atoms with Crippen molar-refractivity contribution in [2.45, 2.75) is 26.8 Å². The fourth-order valence-corrected chi connectivity index (χ4v) is 2.38. The van der Waals surface area contributed by atoms with Gasteiger partial charge in [-0.2, -0.15) is 0 Å². The lowest BCUT2D eigenvalue weighted by atomic mass is 10.1. The molecule has 0 amide bonds. The molecule has 0 fully saturated rings. The molecule has 0 radical (unpaired) electrons. The third kappa shape index (κ3) is 2.08. The first-order valence-corrected chi connectivity index (χ1v) is 5.48.